The third-order valence-corrected chi connectivity index (χ3v) is 7.03. The number of benzene rings is 2. The summed E-state index contributed by atoms with van der Waals surface area (Å²) >= 11 is 1.13. The van der Waals surface area contributed by atoms with E-state index in [1.165, 1.54) is 22.9 Å². The summed E-state index contributed by atoms with van der Waals surface area (Å²) in [5, 5.41) is 9.94. The number of hydrogen-bond acceptors (Lipinski definition) is 8. The van der Waals surface area contributed by atoms with Crippen molar-refractivity contribution in [2.45, 2.75) is 23.0 Å². The zero-order valence-corrected chi connectivity index (χ0v) is 20.6. The van der Waals surface area contributed by atoms with E-state index in [-0.39, 0.29) is 28.7 Å². The van der Waals surface area contributed by atoms with Crippen molar-refractivity contribution in [1.82, 2.24) is 20.0 Å². The highest BCUT2D eigenvalue weighted by Crippen LogP contribution is 2.19. The van der Waals surface area contributed by atoms with E-state index in [1.54, 1.807) is 60.9 Å². The van der Waals surface area contributed by atoms with E-state index in [1.807, 2.05) is 0 Å². The average Bonchev–Trinajstić information content (AvgIpc) is 2.87. The van der Waals surface area contributed by atoms with Gasteiger partial charge in [-0.15, -0.1) is 0 Å². The predicted octanol–water partition coefficient (Wildman–Crippen LogP) is 1.92. The normalized spacial score (nSPS) is 11.7. The number of hydrogen-bond donors (Lipinski definition) is 2. The Morgan fingerprint density at radius 1 is 1.11 bits per heavy atom. The lowest BCUT2D eigenvalue weighted by molar-refractivity contribution is -0.118. The van der Waals surface area contributed by atoms with Crippen LogP contribution < -0.4 is 16.1 Å². The van der Waals surface area contributed by atoms with Crippen molar-refractivity contribution >= 4 is 44.8 Å². The van der Waals surface area contributed by atoms with Gasteiger partial charge in [0.15, 0.2) is 5.16 Å². The number of nitrogens with zero attached hydrogens (tertiary/aromatic N) is 4. The third-order valence-electron chi connectivity index (χ3n) is 5.12. The van der Waals surface area contributed by atoms with Gasteiger partial charge in [-0.2, -0.15) is 5.10 Å². The van der Waals surface area contributed by atoms with Crippen molar-refractivity contribution < 1.29 is 13.2 Å². The Hall–Kier alpha value is -3.87. The molecule has 2 aromatic heterocycles. The average molecular weight is 523 g/mol. The molecule has 3 N–H and O–H groups in total. The first-order chi connectivity index (χ1) is 17.3. The summed E-state index contributed by atoms with van der Waals surface area (Å²) in [7, 11) is -3.78. The maximum atomic E-state index is 13.2. The van der Waals surface area contributed by atoms with Gasteiger partial charge < -0.3 is 0 Å². The highest BCUT2D eigenvalue weighted by molar-refractivity contribution is 7.99. The SMILES string of the molecule is NS(=O)(=O)c1ccc(CCn2c(SCC(=O)N/N=C/c3cccnc3)nc3ccccc3c2=O)cc1. The Morgan fingerprint density at radius 2 is 1.89 bits per heavy atom. The first kappa shape index (κ1) is 25.2. The minimum absolute atomic E-state index is 0.00177. The Morgan fingerprint density at radius 3 is 2.61 bits per heavy atom. The Bertz CT molecular complexity index is 1570. The molecule has 10 nitrogen and oxygen atoms in total. The van der Waals surface area contributed by atoms with Crippen LogP contribution >= 0.6 is 11.8 Å². The predicted molar refractivity (Wildman–Crippen MR) is 138 cm³/mol. The molecule has 0 saturated heterocycles. The minimum Gasteiger partial charge on any atom is -0.287 e. The Kier molecular flexibility index (Phi) is 7.88. The standard InChI is InChI=1S/C24H22N6O4S2/c25-36(33,34)19-9-7-17(8-10-19)11-13-30-23(32)20-5-1-2-6-21(20)28-24(30)35-16-22(31)29-27-15-18-4-3-12-26-14-18/h1-10,12,14-15H,11,13,16H2,(H,29,31)(H2,25,33,34)/b27-15+. The number of amides is 1. The summed E-state index contributed by atoms with van der Waals surface area (Å²) in [4.78, 5) is 34.1. The van der Waals surface area contributed by atoms with E-state index in [0.717, 1.165) is 22.9 Å². The molecule has 0 unspecified atom stereocenters. The number of hydrazone groups is 1. The minimum atomic E-state index is -3.78. The smallest absolute Gasteiger partial charge is 0.262 e. The number of aryl methyl sites for hydroxylation is 1. The molecule has 0 atom stereocenters. The van der Waals surface area contributed by atoms with E-state index < -0.39 is 10.0 Å². The molecule has 184 valence electrons. The van der Waals surface area contributed by atoms with E-state index in [0.29, 0.717) is 22.5 Å². The number of fused-ring (bicyclic) bond motifs is 1. The van der Waals surface area contributed by atoms with Crippen LogP contribution in [0.4, 0.5) is 0 Å². The highest BCUT2D eigenvalue weighted by Gasteiger charge is 2.14. The number of primary sulfonamides is 1. The van der Waals surface area contributed by atoms with Crippen LogP contribution in [-0.2, 0) is 27.8 Å². The second-order valence-corrected chi connectivity index (χ2v) is 10.2. The molecule has 0 aliphatic heterocycles. The van der Waals surface area contributed by atoms with Gasteiger partial charge in [0.25, 0.3) is 11.5 Å². The second-order valence-electron chi connectivity index (χ2n) is 7.68. The fourth-order valence-corrected chi connectivity index (χ4v) is 4.67. The number of nitrogens with two attached hydrogens (primary N) is 1. The number of sulfonamides is 1. The lowest BCUT2D eigenvalue weighted by Crippen LogP contribution is -2.26. The van der Waals surface area contributed by atoms with E-state index in [9.17, 15) is 18.0 Å². The molecule has 2 heterocycles. The van der Waals surface area contributed by atoms with Gasteiger partial charge >= 0.3 is 0 Å². The summed E-state index contributed by atoms with van der Waals surface area (Å²) in [6, 6.07) is 16.7. The molecular formula is C24H22N6O4S2. The van der Waals surface area contributed by atoms with Crippen LogP contribution in [0.1, 0.15) is 11.1 Å². The van der Waals surface area contributed by atoms with Crippen LogP contribution in [0.5, 0.6) is 0 Å². The third kappa shape index (κ3) is 6.42. The van der Waals surface area contributed by atoms with Crippen molar-refractivity contribution in [1.29, 1.82) is 0 Å². The molecule has 0 radical (unpaired) electrons. The number of pyridine rings is 1. The molecular weight excluding hydrogens is 500 g/mol. The molecule has 36 heavy (non-hydrogen) atoms. The van der Waals surface area contributed by atoms with Crippen LogP contribution in [0.3, 0.4) is 0 Å². The monoisotopic (exact) mass is 522 g/mol. The second kappa shape index (κ2) is 11.2. The number of aromatic nitrogens is 3. The molecule has 0 bridgehead atoms. The van der Waals surface area contributed by atoms with E-state index in [4.69, 9.17) is 5.14 Å². The lowest BCUT2D eigenvalue weighted by Gasteiger charge is -2.13. The first-order valence-electron chi connectivity index (χ1n) is 10.8. The van der Waals surface area contributed by atoms with Gasteiger partial charge in [0.2, 0.25) is 10.0 Å². The summed E-state index contributed by atoms with van der Waals surface area (Å²) in [5.74, 6) is -0.356. The molecule has 12 heteroatoms. The molecule has 0 spiro atoms. The zero-order chi connectivity index (χ0) is 25.5. The number of carbonyl (C=O) groups excluding carboxylic acids is 1. The van der Waals surface area contributed by atoms with Crippen LogP contribution in [0.15, 0.2) is 93.0 Å². The maximum absolute atomic E-state index is 13.2. The van der Waals surface area contributed by atoms with Crippen LogP contribution in [0, 0.1) is 0 Å². The fourth-order valence-electron chi connectivity index (χ4n) is 3.34. The van der Waals surface area contributed by atoms with Crippen molar-refractivity contribution in [3.63, 3.8) is 0 Å². The van der Waals surface area contributed by atoms with Crippen LogP contribution in [-0.4, -0.2) is 40.8 Å². The number of rotatable bonds is 9. The quantitative estimate of drug-likeness (QED) is 0.148. The van der Waals surface area contributed by atoms with Crippen molar-refractivity contribution in [3.8, 4) is 0 Å². The summed E-state index contributed by atoms with van der Waals surface area (Å²) in [6.07, 6.45) is 5.19. The van der Waals surface area contributed by atoms with E-state index in [2.05, 4.69) is 20.5 Å². The highest BCUT2D eigenvalue weighted by atomic mass is 32.2. The fraction of sp³-hybridized carbons (Fsp3) is 0.125. The van der Waals surface area contributed by atoms with Gasteiger partial charge in [-0.3, -0.25) is 19.1 Å². The lowest BCUT2D eigenvalue weighted by atomic mass is 10.1. The molecule has 0 aliphatic rings. The van der Waals surface area contributed by atoms with Crippen LogP contribution in [0.2, 0.25) is 0 Å². The molecule has 2 aromatic carbocycles. The maximum Gasteiger partial charge on any atom is 0.262 e. The number of thioether (sulfide) groups is 1. The number of nitrogens with one attached hydrogen (secondary N) is 1. The molecule has 4 aromatic rings. The number of carbonyl (C=O) groups is 1. The first-order valence-corrected chi connectivity index (χ1v) is 13.3. The Labute approximate surface area is 211 Å². The van der Waals surface area contributed by atoms with Gasteiger partial charge in [-0.05, 0) is 42.3 Å². The zero-order valence-electron chi connectivity index (χ0n) is 18.9. The molecule has 1 amide bonds. The van der Waals surface area contributed by atoms with Gasteiger partial charge in [-0.25, -0.2) is 24.0 Å². The van der Waals surface area contributed by atoms with Crippen molar-refractivity contribution in [2.24, 2.45) is 10.2 Å². The summed E-state index contributed by atoms with van der Waals surface area (Å²) in [6.45, 7) is 0.286. The van der Waals surface area contributed by atoms with Gasteiger partial charge in [0.1, 0.15) is 0 Å². The van der Waals surface area contributed by atoms with Gasteiger partial charge in [0, 0.05) is 24.5 Å². The van der Waals surface area contributed by atoms with E-state index >= 15 is 0 Å². The van der Waals surface area contributed by atoms with Gasteiger partial charge in [-0.1, -0.05) is 42.1 Å². The molecule has 4 rings (SSSR count). The van der Waals surface area contributed by atoms with Crippen molar-refractivity contribution in [2.75, 3.05) is 5.75 Å². The van der Waals surface area contributed by atoms with Crippen LogP contribution in [0.25, 0.3) is 10.9 Å². The number of para-hydroxylation sites is 1. The van der Waals surface area contributed by atoms with Crippen molar-refractivity contribution in [3.05, 3.63) is 94.5 Å². The molecule has 0 saturated carbocycles. The topological polar surface area (TPSA) is 149 Å². The Balaban J connectivity index is 1.50. The largest absolute Gasteiger partial charge is 0.287 e. The molecule has 0 aliphatic carbocycles. The van der Waals surface area contributed by atoms with Gasteiger partial charge in [0.05, 0.1) is 27.8 Å². The summed E-state index contributed by atoms with van der Waals surface area (Å²) in [5.41, 5.74) is 4.33. The summed E-state index contributed by atoms with van der Waals surface area (Å²) < 4.78 is 24.5. The molecule has 0 fully saturated rings.